The Hall–Kier alpha value is -4.11. The van der Waals surface area contributed by atoms with Gasteiger partial charge in [0.05, 0.1) is 12.3 Å². The fourth-order valence-corrected chi connectivity index (χ4v) is 7.25. The van der Waals surface area contributed by atoms with Gasteiger partial charge in [0, 0.05) is 86.2 Å². The van der Waals surface area contributed by atoms with Gasteiger partial charge in [0.1, 0.15) is 5.65 Å². The first-order valence-corrected chi connectivity index (χ1v) is 17.4. The number of pyridine rings is 1. The third-order valence-electron chi connectivity index (χ3n) is 8.68. The lowest BCUT2D eigenvalue weighted by Crippen LogP contribution is -2.43. The van der Waals surface area contributed by atoms with Crippen molar-refractivity contribution in [3.8, 4) is 0 Å². The summed E-state index contributed by atoms with van der Waals surface area (Å²) in [5.74, 6) is -0.0731. The average Bonchev–Trinajstić information content (AvgIpc) is 3.07. The molecule has 2 fully saturated rings. The maximum absolute atomic E-state index is 14.2. The summed E-state index contributed by atoms with van der Waals surface area (Å²) >= 11 is 0. The van der Waals surface area contributed by atoms with Crippen LogP contribution in [0, 0.1) is 18.3 Å². The van der Waals surface area contributed by atoms with Crippen molar-refractivity contribution in [2.24, 2.45) is 5.92 Å². The molecule has 1 aromatic carbocycles. The number of rotatable bonds is 12. The topological polar surface area (TPSA) is 166 Å². The molecule has 0 atom stereocenters. The molecule has 0 aliphatic carbocycles. The van der Waals surface area contributed by atoms with Crippen molar-refractivity contribution in [1.29, 1.82) is 5.41 Å². The Morgan fingerprint density at radius 1 is 1.23 bits per heavy atom. The molecule has 0 spiro atoms. The van der Waals surface area contributed by atoms with E-state index in [0.717, 1.165) is 62.2 Å². The molecule has 2 aromatic heterocycles. The number of piperazine rings is 1. The smallest absolute Gasteiger partial charge is 0.260 e. The monoisotopic (exact) mass is 664 g/mol. The summed E-state index contributed by atoms with van der Waals surface area (Å²) in [4.78, 5) is 27.4. The number of anilines is 3. The van der Waals surface area contributed by atoms with Crippen LogP contribution in [-0.2, 0) is 21.1 Å². The van der Waals surface area contributed by atoms with E-state index in [1.54, 1.807) is 31.3 Å². The Morgan fingerprint density at radius 3 is 2.62 bits per heavy atom. The number of sulfone groups is 1. The summed E-state index contributed by atoms with van der Waals surface area (Å²) < 4.78 is 32.7. The van der Waals surface area contributed by atoms with Crippen LogP contribution in [0.25, 0.3) is 16.6 Å². The van der Waals surface area contributed by atoms with E-state index >= 15 is 0 Å². The molecule has 47 heavy (non-hydrogen) atoms. The van der Waals surface area contributed by atoms with Crippen LogP contribution in [-0.4, -0.2) is 105 Å². The van der Waals surface area contributed by atoms with Crippen molar-refractivity contribution in [2.45, 2.75) is 26.3 Å². The number of aliphatic hydroxyl groups is 1. The molecule has 0 unspecified atom stereocenters. The highest BCUT2D eigenvalue weighted by Gasteiger charge is 2.25. The SMILES string of the molecule is C=C(c1cc2cnc(Nc3ccc(N4CCNCC4)c(C)c3)nc2n(C/C(C=N)=C(/O)S(=O)(=O)CCN(C)C)c1=O)C1CCOCC1. The lowest BCUT2D eigenvalue weighted by Gasteiger charge is -2.30. The molecule has 252 valence electrons. The summed E-state index contributed by atoms with van der Waals surface area (Å²) in [5, 5.41) is 25.1. The van der Waals surface area contributed by atoms with E-state index in [0.29, 0.717) is 29.7 Å². The summed E-state index contributed by atoms with van der Waals surface area (Å²) in [5.41, 5.74) is 3.57. The van der Waals surface area contributed by atoms with Gasteiger partial charge in [0.25, 0.3) is 5.56 Å². The zero-order valence-electron chi connectivity index (χ0n) is 27.3. The number of ether oxygens (including phenoxy) is 1. The van der Waals surface area contributed by atoms with Crippen molar-refractivity contribution in [1.82, 2.24) is 24.8 Å². The van der Waals surface area contributed by atoms with Crippen LogP contribution in [0.5, 0.6) is 0 Å². The second kappa shape index (κ2) is 14.8. The Morgan fingerprint density at radius 2 is 1.96 bits per heavy atom. The molecule has 2 aliphatic heterocycles. The van der Waals surface area contributed by atoms with Gasteiger partial charge in [-0.25, -0.2) is 13.4 Å². The molecular formula is C33H44N8O5S. The van der Waals surface area contributed by atoms with Crippen LogP contribution < -0.4 is 21.1 Å². The summed E-state index contributed by atoms with van der Waals surface area (Å²) in [6.45, 7) is 11.0. The molecule has 14 heteroatoms. The van der Waals surface area contributed by atoms with Gasteiger partial charge in [-0.2, -0.15) is 4.98 Å². The van der Waals surface area contributed by atoms with Gasteiger partial charge in [0.15, 0.2) is 0 Å². The minimum Gasteiger partial charge on any atom is -0.498 e. The molecule has 0 amide bonds. The maximum atomic E-state index is 14.2. The van der Waals surface area contributed by atoms with E-state index in [1.807, 2.05) is 12.1 Å². The summed E-state index contributed by atoms with van der Waals surface area (Å²) in [7, 11) is -0.666. The van der Waals surface area contributed by atoms with Crippen LogP contribution in [0.15, 0.2) is 52.5 Å². The van der Waals surface area contributed by atoms with Gasteiger partial charge >= 0.3 is 0 Å². The molecule has 0 saturated carbocycles. The minimum atomic E-state index is -4.12. The van der Waals surface area contributed by atoms with E-state index in [9.17, 15) is 18.3 Å². The van der Waals surface area contributed by atoms with E-state index in [2.05, 4.69) is 40.1 Å². The highest BCUT2D eigenvalue weighted by Crippen LogP contribution is 2.30. The third-order valence-corrected chi connectivity index (χ3v) is 10.2. The van der Waals surface area contributed by atoms with Gasteiger partial charge < -0.3 is 35.7 Å². The lowest BCUT2D eigenvalue weighted by atomic mass is 9.88. The molecule has 2 aliphatic rings. The summed E-state index contributed by atoms with van der Waals surface area (Å²) in [6.07, 6.45) is 3.81. The first kappa shape index (κ1) is 34.2. The predicted molar refractivity (Wildman–Crippen MR) is 187 cm³/mol. The van der Waals surface area contributed by atoms with Gasteiger partial charge in [-0.3, -0.25) is 9.36 Å². The molecule has 5 rings (SSSR count). The summed E-state index contributed by atoms with van der Waals surface area (Å²) in [6, 6.07) is 7.75. The van der Waals surface area contributed by atoms with Crippen molar-refractivity contribution in [3.05, 3.63) is 69.2 Å². The Labute approximate surface area is 275 Å². The molecular weight excluding hydrogens is 620 g/mol. The number of hydrogen-bond acceptors (Lipinski definition) is 12. The molecule has 0 radical (unpaired) electrons. The Kier molecular flexibility index (Phi) is 10.7. The molecule has 0 bridgehead atoms. The number of allylic oxidation sites excluding steroid dienone is 2. The first-order valence-electron chi connectivity index (χ1n) is 15.8. The zero-order valence-corrected chi connectivity index (χ0v) is 28.1. The minimum absolute atomic E-state index is 0.0363. The van der Waals surface area contributed by atoms with Crippen LogP contribution in [0.4, 0.5) is 17.3 Å². The number of nitrogens with one attached hydrogen (secondary N) is 3. The van der Waals surface area contributed by atoms with Crippen molar-refractivity contribution in [3.63, 3.8) is 0 Å². The Balaban J connectivity index is 1.55. The van der Waals surface area contributed by atoms with Crippen molar-refractivity contribution < 1.29 is 18.3 Å². The van der Waals surface area contributed by atoms with E-state index < -0.39 is 27.0 Å². The highest BCUT2D eigenvalue weighted by molar-refractivity contribution is 7.95. The first-order chi connectivity index (χ1) is 22.5. The van der Waals surface area contributed by atoms with E-state index in [1.165, 1.54) is 4.57 Å². The Bertz CT molecular complexity index is 1840. The number of hydrogen-bond donors (Lipinski definition) is 4. The van der Waals surface area contributed by atoms with Crippen LogP contribution in [0.2, 0.25) is 0 Å². The molecule has 4 N–H and O–H groups in total. The molecule has 4 heterocycles. The number of nitrogens with zero attached hydrogens (tertiary/aromatic N) is 5. The second-order valence-corrected chi connectivity index (χ2v) is 14.3. The molecule has 2 saturated heterocycles. The van der Waals surface area contributed by atoms with Crippen molar-refractivity contribution in [2.75, 3.05) is 76.0 Å². The lowest BCUT2D eigenvalue weighted by molar-refractivity contribution is 0.0808. The second-order valence-electron chi connectivity index (χ2n) is 12.3. The maximum Gasteiger partial charge on any atom is 0.260 e. The van der Waals surface area contributed by atoms with Gasteiger partial charge in [-0.05, 0) is 75.2 Å². The fraction of sp³-hybridized carbons (Fsp3) is 0.455. The number of aryl methyl sites for hydroxylation is 1. The number of fused-ring (bicyclic) bond motifs is 1. The van der Waals surface area contributed by atoms with E-state index in [4.69, 9.17) is 15.1 Å². The van der Waals surface area contributed by atoms with E-state index in [-0.39, 0.29) is 35.4 Å². The third kappa shape index (κ3) is 7.89. The van der Waals surface area contributed by atoms with Crippen LogP contribution >= 0.6 is 0 Å². The van der Waals surface area contributed by atoms with Gasteiger partial charge in [0.2, 0.25) is 20.9 Å². The van der Waals surface area contributed by atoms with Crippen LogP contribution in [0.3, 0.4) is 0 Å². The molecule has 13 nitrogen and oxygen atoms in total. The van der Waals surface area contributed by atoms with Gasteiger partial charge in [-0.15, -0.1) is 0 Å². The van der Waals surface area contributed by atoms with Crippen LogP contribution in [0.1, 0.15) is 24.0 Å². The number of benzene rings is 1. The quantitative estimate of drug-likeness (QED) is 0.166. The van der Waals surface area contributed by atoms with Crippen molar-refractivity contribution >= 4 is 50.0 Å². The average molecular weight is 665 g/mol. The number of aromatic nitrogens is 3. The molecule has 3 aromatic rings. The predicted octanol–water partition coefficient (Wildman–Crippen LogP) is 3.09. The standard InChI is InChI=1S/C33H44N8O5S/c1-22-17-27(5-6-29(22)40-11-9-35-10-12-40)37-33-36-20-25-18-28(23(2)24-7-14-46-15-8-24)31(42)41(30(25)38-33)21-26(19-34)32(43)47(44,45)16-13-39(3)4/h5-6,17-20,24,34-35,43H,2,7-16,21H2,1,3-4H3,(H,36,37,38)/b32-26-,34-19?. The fourth-order valence-electron chi connectivity index (χ4n) is 5.93. The largest absolute Gasteiger partial charge is 0.498 e. The van der Waals surface area contributed by atoms with Gasteiger partial charge in [-0.1, -0.05) is 6.58 Å². The zero-order chi connectivity index (χ0) is 33.7. The normalized spacial score (nSPS) is 16.7. The number of aliphatic hydroxyl groups excluding tert-OH is 1. The highest BCUT2D eigenvalue weighted by atomic mass is 32.2.